The molecule has 0 radical (unpaired) electrons. The highest BCUT2D eigenvalue weighted by molar-refractivity contribution is 6.17. The molecule has 1 amide bonds. The first-order chi connectivity index (χ1) is 22.8. The fourth-order valence-electron chi connectivity index (χ4n) is 6.93. The minimum Gasteiger partial charge on any atom is -0.508 e. The standard InChI is InChI=1S/C38H33N5O4/c1-4-34(45)42-17-16-41(22-25(42)13-15-39)37-35-33(43(38(46)40-37)32-12-8-7-10-27(32)23(2)3)21-31(29-14-18-47-36(29)35)30-20-26(44)19-24-9-5-6-11-28(24)30/h4-12,14,18-21,23,25,44H,1,13,16-17,22H2,2-3H3/t25-/m0/s1. The molecule has 0 aliphatic carbocycles. The fourth-order valence-corrected chi connectivity index (χ4v) is 6.93. The van der Waals surface area contributed by atoms with Crippen molar-refractivity contribution in [2.45, 2.75) is 32.2 Å². The number of carbonyl (C=O) groups is 1. The summed E-state index contributed by atoms with van der Waals surface area (Å²) in [6, 6.07) is 24.8. The number of fused-ring (bicyclic) bond motifs is 4. The number of piperazine rings is 1. The van der Waals surface area contributed by atoms with Gasteiger partial charge in [0.2, 0.25) is 5.91 Å². The lowest BCUT2D eigenvalue weighted by molar-refractivity contribution is -0.128. The number of nitriles is 1. The van der Waals surface area contributed by atoms with Crippen LogP contribution in [0.3, 0.4) is 0 Å². The maximum Gasteiger partial charge on any atom is 0.354 e. The fraction of sp³-hybridized carbons (Fsp3) is 0.211. The summed E-state index contributed by atoms with van der Waals surface area (Å²) in [5.74, 6) is 0.449. The molecular weight excluding hydrogens is 590 g/mol. The molecular formula is C38H33N5O4. The zero-order valence-electron chi connectivity index (χ0n) is 26.2. The van der Waals surface area contributed by atoms with Gasteiger partial charge in [0.05, 0.1) is 41.4 Å². The van der Waals surface area contributed by atoms with Crippen molar-refractivity contribution in [3.63, 3.8) is 0 Å². The molecule has 9 heteroatoms. The van der Waals surface area contributed by atoms with Crippen molar-refractivity contribution in [1.82, 2.24) is 14.5 Å². The molecule has 1 aliphatic rings. The van der Waals surface area contributed by atoms with E-state index in [1.807, 2.05) is 65.6 Å². The minimum atomic E-state index is -0.459. The van der Waals surface area contributed by atoms with Crippen LogP contribution in [0.1, 0.15) is 31.7 Å². The first-order valence-electron chi connectivity index (χ1n) is 15.6. The van der Waals surface area contributed by atoms with Crippen LogP contribution in [-0.4, -0.2) is 51.1 Å². The predicted molar refractivity (Wildman–Crippen MR) is 184 cm³/mol. The molecule has 1 N–H and O–H groups in total. The number of carbonyl (C=O) groups excluding carboxylic acids is 1. The molecule has 3 heterocycles. The Kier molecular flexibility index (Phi) is 7.49. The first kappa shape index (κ1) is 29.8. The number of anilines is 1. The van der Waals surface area contributed by atoms with Gasteiger partial charge in [-0.25, -0.2) is 4.79 Å². The number of furan rings is 1. The largest absolute Gasteiger partial charge is 0.508 e. The van der Waals surface area contributed by atoms with Gasteiger partial charge in [-0.05, 0) is 69.8 Å². The Balaban J connectivity index is 1.56. The minimum absolute atomic E-state index is 0.122. The van der Waals surface area contributed by atoms with E-state index in [1.165, 1.54) is 6.08 Å². The quantitative estimate of drug-likeness (QED) is 0.201. The van der Waals surface area contributed by atoms with Crippen LogP contribution in [0.5, 0.6) is 5.75 Å². The zero-order chi connectivity index (χ0) is 32.8. The number of amides is 1. The third-order valence-corrected chi connectivity index (χ3v) is 9.08. The van der Waals surface area contributed by atoms with E-state index in [0.29, 0.717) is 41.9 Å². The van der Waals surface area contributed by atoms with Crippen LogP contribution in [0.15, 0.2) is 101 Å². The zero-order valence-corrected chi connectivity index (χ0v) is 26.2. The van der Waals surface area contributed by atoms with Crippen LogP contribution < -0.4 is 10.6 Å². The van der Waals surface area contributed by atoms with Crippen molar-refractivity contribution < 1.29 is 14.3 Å². The second-order valence-corrected chi connectivity index (χ2v) is 12.2. The number of benzene rings is 4. The van der Waals surface area contributed by atoms with Gasteiger partial charge >= 0.3 is 5.69 Å². The van der Waals surface area contributed by atoms with E-state index in [0.717, 1.165) is 38.5 Å². The van der Waals surface area contributed by atoms with Crippen LogP contribution in [-0.2, 0) is 4.79 Å². The third kappa shape index (κ3) is 4.99. The lowest BCUT2D eigenvalue weighted by Gasteiger charge is -2.41. The summed E-state index contributed by atoms with van der Waals surface area (Å²) in [6.45, 7) is 8.85. The van der Waals surface area contributed by atoms with Crippen LogP contribution in [0.4, 0.5) is 5.82 Å². The number of phenolic OH excluding ortho intramolecular Hbond substituents is 1. The molecule has 0 saturated carbocycles. The van der Waals surface area contributed by atoms with Crippen molar-refractivity contribution >= 4 is 44.4 Å². The maximum atomic E-state index is 14.3. The average molecular weight is 624 g/mol. The number of hydrogen-bond donors (Lipinski definition) is 1. The molecule has 0 spiro atoms. The summed E-state index contributed by atoms with van der Waals surface area (Å²) in [7, 11) is 0. The number of nitrogens with zero attached hydrogens (tertiary/aromatic N) is 5. The summed E-state index contributed by atoms with van der Waals surface area (Å²) in [5, 5.41) is 23.7. The smallest absolute Gasteiger partial charge is 0.354 e. The van der Waals surface area contributed by atoms with Gasteiger partial charge in [0, 0.05) is 25.0 Å². The van der Waals surface area contributed by atoms with Gasteiger partial charge in [-0.15, -0.1) is 0 Å². The number of aromatic nitrogens is 2. The van der Waals surface area contributed by atoms with Crippen LogP contribution >= 0.6 is 0 Å². The van der Waals surface area contributed by atoms with Crippen molar-refractivity contribution in [3.05, 3.63) is 108 Å². The van der Waals surface area contributed by atoms with Gasteiger partial charge in [-0.3, -0.25) is 9.36 Å². The number of hydrogen-bond acceptors (Lipinski definition) is 7. The lowest BCUT2D eigenvalue weighted by Crippen LogP contribution is -2.55. The van der Waals surface area contributed by atoms with Gasteiger partial charge in [0.15, 0.2) is 0 Å². The van der Waals surface area contributed by atoms with E-state index < -0.39 is 11.7 Å². The van der Waals surface area contributed by atoms with Gasteiger partial charge in [0.25, 0.3) is 0 Å². The highest BCUT2D eigenvalue weighted by Gasteiger charge is 2.32. The summed E-state index contributed by atoms with van der Waals surface area (Å²) in [5.41, 5.74) is 3.99. The summed E-state index contributed by atoms with van der Waals surface area (Å²) in [4.78, 5) is 35.3. The van der Waals surface area contributed by atoms with Gasteiger partial charge in [0.1, 0.15) is 17.2 Å². The summed E-state index contributed by atoms with van der Waals surface area (Å²) in [6.07, 6.45) is 3.01. The molecule has 1 atom stereocenters. The molecule has 47 heavy (non-hydrogen) atoms. The first-order valence-corrected chi connectivity index (χ1v) is 15.6. The Morgan fingerprint density at radius 3 is 2.64 bits per heavy atom. The van der Waals surface area contributed by atoms with E-state index in [1.54, 1.807) is 27.9 Å². The molecule has 0 unspecified atom stereocenters. The van der Waals surface area contributed by atoms with Crippen LogP contribution in [0.25, 0.3) is 49.5 Å². The monoisotopic (exact) mass is 623 g/mol. The van der Waals surface area contributed by atoms with Crippen molar-refractivity contribution in [2.24, 2.45) is 0 Å². The van der Waals surface area contributed by atoms with Gasteiger partial charge in [-0.1, -0.05) is 62.9 Å². The topological polar surface area (TPSA) is 116 Å². The highest BCUT2D eigenvalue weighted by Crippen LogP contribution is 2.43. The van der Waals surface area contributed by atoms with E-state index >= 15 is 0 Å². The predicted octanol–water partition coefficient (Wildman–Crippen LogP) is 6.90. The second kappa shape index (κ2) is 11.8. The van der Waals surface area contributed by atoms with Crippen LogP contribution in [0, 0.1) is 11.3 Å². The molecule has 1 aliphatic heterocycles. The number of aromatic hydroxyl groups is 1. The lowest BCUT2D eigenvalue weighted by atomic mass is 9.93. The van der Waals surface area contributed by atoms with E-state index in [4.69, 9.17) is 9.40 Å². The molecule has 4 aromatic carbocycles. The summed E-state index contributed by atoms with van der Waals surface area (Å²) < 4.78 is 7.90. The Morgan fingerprint density at radius 1 is 1.09 bits per heavy atom. The Bertz CT molecular complexity index is 2310. The van der Waals surface area contributed by atoms with Gasteiger partial charge in [-0.2, -0.15) is 10.2 Å². The van der Waals surface area contributed by atoms with Crippen molar-refractivity contribution in [3.8, 4) is 28.6 Å². The van der Waals surface area contributed by atoms with Crippen molar-refractivity contribution in [2.75, 3.05) is 24.5 Å². The highest BCUT2D eigenvalue weighted by atomic mass is 16.3. The van der Waals surface area contributed by atoms with E-state index in [-0.39, 0.29) is 24.0 Å². The van der Waals surface area contributed by atoms with Crippen LogP contribution in [0.2, 0.25) is 0 Å². The number of para-hydroxylation sites is 1. The van der Waals surface area contributed by atoms with Crippen molar-refractivity contribution in [1.29, 1.82) is 5.26 Å². The SMILES string of the molecule is C=CC(=O)N1CCN(c2nc(=O)n(-c3ccccc3C(C)C)c3cc(-c4cc(O)cc5ccccc45)c4ccoc4c23)C[C@@H]1CC#N. The van der Waals surface area contributed by atoms with Gasteiger partial charge < -0.3 is 19.3 Å². The Labute approximate surface area is 271 Å². The normalized spacial score (nSPS) is 15.1. The van der Waals surface area contributed by atoms with E-state index in [9.17, 15) is 20.0 Å². The second-order valence-electron chi connectivity index (χ2n) is 12.2. The molecule has 234 valence electrons. The molecule has 1 saturated heterocycles. The molecule has 0 bridgehead atoms. The Hall–Kier alpha value is -5.88. The molecule has 1 fully saturated rings. The Morgan fingerprint density at radius 2 is 1.85 bits per heavy atom. The molecule has 2 aromatic heterocycles. The average Bonchev–Trinajstić information content (AvgIpc) is 3.57. The maximum absolute atomic E-state index is 14.3. The molecule has 9 nitrogen and oxygen atoms in total. The number of rotatable bonds is 6. The third-order valence-electron chi connectivity index (χ3n) is 9.08. The molecule has 6 aromatic rings. The summed E-state index contributed by atoms with van der Waals surface area (Å²) >= 11 is 0. The molecule has 7 rings (SSSR count). The van der Waals surface area contributed by atoms with E-state index in [2.05, 4.69) is 26.5 Å². The number of phenols is 1.